The van der Waals surface area contributed by atoms with E-state index in [-0.39, 0.29) is 5.56 Å². The predicted molar refractivity (Wildman–Crippen MR) is 40.0 cm³/mol. The summed E-state index contributed by atoms with van der Waals surface area (Å²) in [6.45, 7) is 0. The fourth-order valence-corrected chi connectivity index (χ4v) is 0.990. The maximum atomic E-state index is 12.3. The lowest BCUT2D eigenvalue weighted by molar-refractivity contribution is -0.216. The lowest BCUT2D eigenvalue weighted by Crippen LogP contribution is -2.22. The van der Waals surface area contributed by atoms with Crippen molar-refractivity contribution in [2.24, 2.45) is 0 Å². The zero-order valence-electron chi connectivity index (χ0n) is 6.88. The maximum absolute atomic E-state index is 12.3. The van der Waals surface area contributed by atoms with Crippen LogP contribution in [0.3, 0.4) is 0 Å². The normalized spacial score (nSPS) is 14.2. The fourth-order valence-electron chi connectivity index (χ4n) is 0.990. The van der Waals surface area contributed by atoms with Gasteiger partial charge in [0.05, 0.1) is 0 Å². The Kier molecular flexibility index (Phi) is 2.87. The zero-order valence-corrected chi connectivity index (χ0v) is 6.88. The number of nitrogens with zero attached hydrogens (tertiary/aromatic N) is 1. The first-order valence-corrected chi connectivity index (χ1v) is 3.55. The maximum Gasteiger partial charge on any atom is 0.418 e. The number of ether oxygens (including phenoxy) is 1. The number of alkyl halides is 3. The minimum absolute atomic E-state index is 0.0116. The lowest BCUT2D eigenvalue weighted by atomic mass is 10.1. The molecule has 72 valence electrons. The van der Waals surface area contributed by atoms with Gasteiger partial charge in [0.25, 0.3) is 0 Å². The second-order valence-corrected chi connectivity index (χ2v) is 2.44. The van der Waals surface area contributed by atoms with Crippen molar-refractivity contribution in [1.82, 2.24) is 4.98 Å². The van der Waals surface area contributed by atoms with Crippen LogP contribution >= 0.6 is 0 Å². The SMILES string of the molecule is COC(c1cccnc1)C(F)(F)F. The Bertz CT molecular complexity index is 260. The van der Waals surface area contributed by atoms with Gasteiger partial charge in [-0.25, -0.2) is 0 Å². The van der Waals surface area contributed by atoms with Gasteiger partial charge in [0, 0.05) is 25.1 Å². The molecule has 0 aliphatic carbocycles. The standard InChI is InChI=1S/C8H8F3NO/c1-13-7(8(9,10)11)6-3-2-4-12-5-6/h2-5,7H,1H3. The first kappa shape index (κ1) is 9.98. The molecule has 0 N–H and O–H groups in total. The van der Waals surface area contributed by atoms with Crippen molar-refractivity contribution in [3.05, 3.63) is 30.1 Å². The molecule has 5 heteroatoms. The van der Waals surface area contributed by atoms with Gasteiger partial charge in [0.1, 0.15) is 0 Å². The molecule has 0 aliphatic rings. The third kappa shape index (κ3) is 2.42. The highest BCUT2D eigenvalue weighted by atomic mass is 19.4. The predicted octanol–water partition coefficient (Wildman–Crippen LogP) is 2.33. The summed E-state index contributed by atoms with van der Waals surface area (Å²) in [6, 6.07) is 2.77. The van der Waals surface area contributed by atoms with Crippen molar-refractivity contribution in [2.45, 2.75) is 12.3 Å². The molecule has 1 aromatic heterocycles. The molecule has 0 saturated heterocycles. The molecule has 0 aromatic carbocycles. The van der Waals surface area contributed by atoms with E-state index in [2.05, 4.69) is 9.72 Å². The van der Waals surface area contributed by atoms with E-state index >= 15 is 0 Å². The van der Waals surface area contributed by atoms with Gasteiger partial charge in [0.15, 0.2) is 6.10 Å². The third-order valence-corrected chi connectivity index (χ3v) is 1.52. The van der Waals surface area contributed by atoms with E-state index in [4.69, 9.17) is 0 Å². The Hall–Kier alpha value is -1.10. The van der Waals surface area contributed by atoms with Gasteiger partial charge >= 0.3 is 6.18 Å². The zero-order chi connectivity index (χ0) is 9.90. The molecule has 0 fully saturated rings. The average molecular weight is 191 g/mol. The topological polar surface area (TPSA) is 22.1 Å². The van der Waals surface area contributed by atoms with Crippen LogP contribution in [0.15, 0.2) is 24.5 Å². The average Bonchev–Trinajstić information content (AvgIpc) is 2.05. The van der Waals surface area contributed by atoms with Gasteiger partial charge in [-0.15, -0.1) is 0 Å². The number of aromatic nitrogens is 1. The Morgan fingerprint density at radius 3 is 2.54 bits per heavy atom. The van der Waals surface area contributed by atoms with E-state index in [0.29, 0.717) is 0 Å². The smallest absolute Gasteiger partial charge is 0.367 e. The van der Waals surface area contributed by atoms with Gasteiger partial charge in [-0.05, 0) is 6.07 Å². The lowest BCUT2D eigenvalue weighted by Gasteiger charge is -2.18. The highest BCUT2D eigenvalue weighted by Gasteiger charge is 2.41. The van der Waals surface area contributed by atoms with Gasteiger partial charge in [-0.2, -0.15) is 13.2 Å². The van der Waals surface area contributed by atoms with Crippen LogP contribution in [0.5, 0.6) is 0 Å². The number of halogens is 3. The molecular weight excluding hydrogens is 183 g/mol. The molecule has 0 aliphatic heterocycles. The molecule has 1 unspecified atom stereocenters. The Morgan fingerprint density at radius 1 is 1.46 bits per heavy atom. The van der Waals surface area contributed by atoms with Crippen molar-refractivity contribution in [1.29, 1.82) is 0 Å². The van der Waals surface area contributed by atoms with Crippen molar-refractivity contribution < 1.29 is 17.9 Å². The molecule has 1 rings (SSSR count). The third-order valence-electron chi connectivity index (χ3n) is 1.52. The summed E-state index contributed by atoms with van der Waals surface area (Å²) in [7, 11) is 1.02. The number of pyridine rings is 1. The highest BCUT2D eigenvalue weighted by molar-refractivity contribution is 5.13. The summed E-state index contributed by atoms with van der Waals surface area (Å²) in [5.41, 5.74) is 0.0116. The first-order chi connectivity index (χ1) is 6.05. The van der Waals surface area contributed by atoms with Crippen molar-refractivity contribution in [2.75, 3.05) is 7.11 Å². The first-order valence-electron chi connectivity index (χ1n) is 3.55. The van der Waals surface area contributed by atoms with Gasteiger partial charge in [0.2, 0.25) is 0 Å². The summed E-state index contributed by atoms with van der Waals surface area (Å²) >= 11 is 0. The van der Waals surface area contributed by atoms with E-state index in [1.807, 2.05) is 0 Å². The van der Waals surface area contributed by atoms with Crippen LogP contribution in [-0.4, -0.2) is 18.3 Å². The van der Waals surface area contributed by atoms with Crippen molar-refractivity contribution >= 4 is 0 Å². The van der Waals surface area contributed by atoms with Gasteiger partial charge < -0.3 is 4.74 Å². The molecule has 0 bridgehead atoms. The van der Waals surface area contributed by atoms with E-state index in [1.165, 1.54) is 18.3 Å². The molecule has 0 radical (unpaired) electrons. The van der Waals surface area contributed by atoms with Crippen LogP contribution in [0.25, 0.3) is 0 Å². The molecule has 1 atom stereocenters. The van der Waals surface area contributed by atoms with Crippen LogP contribution < -0.4 is 0 Å². The largest absolute Gasteiger partial charge is 0.418 e. The number of rotatable bonds is 2. The summed E-state index contributed by atoms with van der Waals surface area (Å²) in [5, 5.41) is 0. The summed E-state index contributed by atoms with van der Waals surface area (Å²) < 4.78 is 41.1. The van der Waals surface area contributed by atoms with Crippen LogP contribution in [0, 0.1) is 0 Å². The molecule has 1 aromatic rings. The minimum atomic E-state index is -4.39. The molecular formula is C8H8F3NO. The minimum Gasteiger partial charge on any atom is -0.367 e. The van der Waals surface area contributed by atoms with Crippen molar-refractivity contribution in [3.63, 3.8) is 0 Å². The monoisotopic (exact) mass is 191 g/mol. The molecule has 0 spiro atoms. The van der Waals surface area contributed by atoms with Gasteiger partial charge in [-0.3, -0.25) is 4.98 Å². The number of methoxy groups -OCH3 is 1. The Balaban J connectivity index is 2.92. The van der Waals surface area contributed by atoms with Crippen LogP contribution in [0.2, 0.25) is 0 Å². The fraction of sp³-hybridized carbons (Fsp3) is 0.375. The second-order valence-electron chi connectivity index (χ2n) is 2.44. The molecule has 0 amide bonds. The summed E-state index contributed by atoms with van der Waals surface area (Å²) in [5.74, 6) is 0. The molecule has 13 heavy (non-hydrogen) atoms. The summed E-state index contributed by atoms with van der Waals surface area (Å²) in [6.07, 6.45) is -3.73. The van der Waals surface area contributed by atoms with Crippen molar-refractivity contribution in [3.8, 4) is 0 Å². The quantitative estimate of drug-likeness (QED) is 0.715. The molecule has 0 saturated carbocycles. The second kappa shape index (κ2) is 3.74. The number of hydrogen-bond donors (Lipinski definition) is 0. The summed E-state index contributed by atoms with van der Waals surface area (Å²) in [4.78, 5) is 3.59. The Labute approximate surface area is 73.4 Å². The Morgan fingerprint density at radius 2 is 2.15 bits per heavy atom. The van der Waals surface area contributed by atoms with E-state index in [1.54, 1.807) is 0 Å². The van der Waals surface area contributed by atoms with Crippen LogP contribution in [0.1, 0.15) is 11.7 Å². The highest BCUT2D eigenvalue weighted by Crippen LogP contribution is 2.34. The molecule has 1 heterocycles. The van der Waals surface area contributed by atoms with Crippen LogP contribution in [0.4, 0.5) is 13.2 Å². The van der Waals surface area contributed by atoms with Gasteiger partial charge in [-0.1, -0.05) is 6.07 Å². The van der Waals surface area contributed by atoms with E-state index < -0.39 is 12.3 Å². The number of hydrogen-bond acceptors (Lipinski definition) is 2. The van der Waals surface area contributed by atoms with Crippen LogP contribution in [-0.2, 0) is 4.74 Å². The van der Waals surface area contributed by atoms with E-state index in [0.717, 1.165) is 13.3 Å². The van der Waals surface area contributed by atoms with E-state index in [9.17, 15) is 13.2 Å². The molecule has 2 nitrogen and oxygen atoms in total.